The number of halogens is 3. The van der Waals surface area contributed by atoms with E-state index in [0.29, 0.717) is 0 Å². The first-order chi connectivity index (χ1) is 9.14. The third-order valence-electron chi connectivity index (χ3n) is 2.13. The number of hydrogen-bond acceptors (Lipinski definition) is 3. The zero-order valence-corrected chi connectivity index (χ0v) is 10.2. The first-order valence-corrected chi connectivity index (χ1v) is 5.08. The van der Waals surface area contributed by atoms with Crippen LogP contribution in [-0.2, 0) is 0 Å². The Morgan fingerprint density at radius 3 is 2.45 bits per heavy atom. The predicted molar refractivity (Wildman–Crippen MR) is 62.7 cm³/mol. The quantitative estimate of drug-likeness (QED) is 0.625. The Hall–Kier alpha value is -2.76. The highest BCUT2D eigenvalue weighted by Gasteiger charge is 2.32. The van der Waals surface area contributed by atoms with Gasteiger partial charge in [0.25, 0.3) is 5.91 Å². The number of nitrogens with zero attached hydrogens (tertiary/aromatic N) is 2. The number of nitriles is 1. The normalized spacial score (nSPS) is 10.6. The first-order valence-electron chi connectivity index (χ1n) is 5.08. The molecule has 1 aromatic carbocycles. The topological polar surface area (TPSA) is 114 Å². The van der Waals surface area contributed by atoms with Crippen molar-refractivity contribution >= 4 is 11.9 Å². The van der Waals surface area contributed by atoms with Gasteiger partial charge in [-0.25, -0.2) is 0 Å². The van der Waals surface area contributed by atoms with Gasteiger partial charge < -0.3 is 16.2 Å². The van der Waals surface area contributed by atoms with E-state index in [2.05, 4.69) is 9.73 Å². The molecule has 0 fully saturated rings. The van der Waals surface area contributed by atoms with Crippen LogP contribution in [0.5, 0.6) is 5.75 Å². The molecule has 20 heavy (non-hydrogen) atoms. The Balaban J connectivity index is 3.36. The predicted octanol–water partition coefficient (Wildman–Crippen LogP) is 1.18. The van der Waals surface area contributed by atoms with Gasteiger partial charge in [-0.1, -0.05) is 0 Å². The average molecular weight is 286 g/mol. The molecule has 9 heteroatoms. The standard InChI is InChI=1S/C11H9F3N4O2/c1-5-2-6(4-15)8(20-11(12,13)14)3-7(5)9(19)18-10(16)17/h2-3H,1H3,(H4,16,17,18,19). The fourth-order valence-corrected chi connectivity index (χ4v) is 1.39. The van der Waals surface area contributed by atoms with Crippen molar-refractivity contribution in [1.29, 1.82) is 5.26 Å². The second-order valence-electron chi connectivity index (χ2n) is 3.66. The number of rotatable bonds is 2. The Bertz CT molecular complexity index is 613. The second-order valence-corrected chi connectivity index (χ2v) is 3.66. The molecule has 0 saturated heterocycles. The van der Waals surface area contributed by atoms with E-state index in [4.69, 9.17) is 16.7 Å². The summed E-state index contributed by atoms with van der Waals surface area (Å²) in [4.78, 5) is 14.8. The lowest BCUT2D eigenvalue weighted by Crippen LogP contribution is -2.24. The van der Waals surface area contributed by atoms with E-state index >= 15 is 0 Å². The van der Waals surface area contributed by atoms with E-state index in [-0.39, 0.29) is 16.7 Å². The molecule has 106 valence electrons. The van der Waals surface area contributed by atoms with Gasteiger partial charge in [0.05, 0.1) is 5.56 Å². The van der Waals surface area contributed by atoms with E-state index < -0.39 is 24.0 Å². The van der Waals surface area contributed by atoms with Crippen molar-refractivity contribution in [3.05, 3.63) is 28.8 Å². The molecule has 0 aliphatic rings. The molecule has 0 atom stereocenters. The largest absolute Gasteiger partial charge is 0.573 e. The van der Waals surface area contributed by atoms with Crippen LogP contribution in [0.4, 0.5) is 13.2 Å². The lowest BCUT2D eigenvalue weighted by atomic mass is 10.0. The van der Waals surface area contributed by atoms with Crippen LogP contribution in [0.2, 0.25) is 0 Å². The number of aliphatic imine (C=N–C) groups is 1. The van der Waals surface area contributed by atoms with Crippen molar-refractivity contribution in [3.63, 3.8) is 0 Å². The van der Waals surface area contributed by atoms with E-state index in [9.17, 15) is 18.0 Å². The van der Waals surface area contributed by atoms with Gasteiger partial charge in [0.2, 0.25) is 0 Å². The zero-order chi connectivity index (χ0) is 15.5. The second kappa shape index (κ2) is 5.48. The highest BCUT2D eigenvalue weighted by atomic mass is 19.4. The van der Waals surface area contributed by atoms with Crippen LogP contribution in [0.3, 0.4) is 0 Å². The van der Waals surface area contributed by atoms with Crippen molar-refractivity contribution in [1.82, 2.24) is 0 Å². The SMILES string of the molecule is Cc1cc(C#N)c(OC(F)(F)F)cc1C(=O)N=C(N)N. The maximum Gasteiger partial charge on any atom is 0.573 e. The summed E-state index contributed by atoms with van der Waals surface area (Å²) in [5.41, 5.74) is 9.72. The molecule has 0 heterocycles. The van der Waals surface area contributed by atoms with Crippen LogP contribution in [0, 0.1) is 18.3 Å². The number of nitrogens with two attached hydrogens (primary N) is 2. The van der Waals surface area contributed by atoms with Crippen molar-refractivity contribution in [2.45, 2.75) is 13.3 Å². The summed E-state index contributed by atoms with van der Waals surface area (Å²) >= 11 is 0. The summed E-state index contributed by atoms with van der Waals surface area (Å²) < 4.78 is 40.3. The molecule has 0 saturated carbocycles. The smallest absolute Gasteiger partial charge is 0.404 e. The van der Waals surface area contributed by atoms with E-state index in [0.717, 1.165) is 12.1 Å². The minimum absolute atomic E-state index is 0.198. The minimum Gasteiger partial charge on any atom is -0.404 e. The summed E-state index contributed by atoms with van der Waals surface area (Å²) in [6.07, 6.45) is -4.99. The molecular formula is C11H9F3N4O2. The molecule has 1 aromatic rings. The van der Waals surface area contributed by atoms with Crippen LogP contribution < -0.4 is 16.2 Å². The fraction of sp³-hybridized carbons (Fsp3) is 0.182. The van der Waals surface area contributed by atoms with Gasteiger partial charge in [-0.3, -0.25) is 4.79 Å². The number of guanidine groups is 1. The molecule has 1 rings (SSSR count). The number of aryl methyl sites for hydroxylation is 1. The Morgan fingerprint density at radius 1 is 1.40 bits per heavy atom. The highest BCUT2D eigenvalue weighted by molar-refractivity contribution is 6.03. The molecule has 4 N–H and O–H groups in total. The van der Waals surface area contributed by atoms with Gasteiger partial charge in [-0.05, 0) is 24.6 Å². The number of amides is 1. The maximum atomic E-state index is 12.2. The number of carbonyl (C=O) groups excluding carboxylic acids is 1. The minimum atomic E-state index is -4.99. The van der Waals surface area contributed by atoms with Gasteiger partial charge in [0, 0.05) is 5.56 Å². The van der Waals surface area contributed by atoms with Gasteiger partial charge in [0.15, 0.2) is 5.96 Å². The van der Waals surface area contributed by atoms with Gasteiger partial charge in [-0.2, -0.15) is 10.3 Å². The molecule has 0 bridgehead atoms. The van der Waals surface area contributed by atoms with Crippen molar-refractivity contribution < 1.29 is 22.7 Å². The van der Waals surface area contributed by atoms with Crippen LogP contribution in [0.1, 0.15) is 21.5 Å². The van der Waals surface area contributed by atoms with Gasteiger partial charge >= 0.3 is 6.36 Å². The molecule has 0 spiro atoms. The van der Waals surface area contributed by atoms with E-state index in [1.54, 1.807) is 6.07 Å². The summed E-state index contributed by atoms with van der Waals surface area (Å²) in [5, 5.41) is 8.76. The number of alkyl halides is 3. The Morgan fingerprint density at radius 2 is 2.00 bits per heavy atom. The maximum absolute atomic E-state index is 12.2. The molecule has 0 radical (unpaired) electrons. The van der Waals surface area contributed by atoms with Crippen molar-refractivity contribution in [2.75, 3.05) is 0 Å². The van der Waals surface area contributed by atoms with Crippen molar-refractivity contribution in [2.24, 2.45) is 16.5 Å². The average Bonchev–Trinajstić information content (AvgIpc) is 2.28. The molecule has 1 amide bonds. The molecule has 0 aliphatic heterocycles. The van der Waals surface area contributed by atoms with Crippen molar-refractivity contribution in [3.8, 4) is 11.8 Å². The number of ether oxygens (including phenoxy) is 1. The van der Waals surface area contributed by atoms with Crippen LogP contribution in [0.15, 0.2) is 17.1 Å². The van der Waals surface area contributed by atoms with Gasteiger partial charge in [-0.15, -0.1) is 13.2 Å². The number of carbonyl (C=O) groups is 1. The highest BCUT2D eigenvalue weighted by Crippen LogP contribution is 2.29. The van der Waals surface area contributed by atoms with E-state index in [1.165, 1.54) is 6.92 Å². The van der Waals surface area contributed by atoms with Crippen LogP contribution >= 0.6 is 0 Å². The van der Waals surface area contributed by atoms with Crippen LogP contribution in [0.25, 0.3) is 0 Å². The molecular weight excluding hydrogens is 277 g/mol. The Labute approximate surface area is 111 Å². The lowest BCUT2D eigenvalue weighted by Gasteiger charge is -2.12. The number of hydrogen-bond donors (Lipinski definition) is 2. The summed E-state index contributed by atoms with van der Waals surface area (Å²) in [6, 6.07) is 3.40. The monoisotopic (exact) mass is 286 g/mol. The Kier molecular flexibility index (Phi) is 4.19. The van der Waals surface area contributed by atoms with Crippen LogP contribution in [-0.4, -0.2) is 18.2 Å². The first kappa shape index (κ1) is 15.3. The van der Waals surface area contributed by atoms with E-state index in [1.807, 2.05) is 0 Å². The zero-order valence-electron chi connectivity index (χ0n) is 10.2. The molecule has 0 unspecified atom stereocenters. The summed E-state index contributed by atoms with van der Waals surface area (Å²) in [7, 11) is 0. The lowest BCUT2D eigenvalue weighted by molar-refractivity contribution is -0.274. The summed E-state index contributed by atoms with van der Waals surface area (Å²) in [6.45, 7) is 1.42. The molecule has 0 aliphatic carbocycles. The third-order valence-corrected chi connectivity index (χ3v) is 2.13. The third kappa shape index (κ3) is 3.88. The van der Waals surface area contributed by atoms with Gasteiger partial charge in [0.1, 0.15) is 11.8 Å². The number of benzene rings is 1. The fourth-order valence-electron chi connectivity index (χ4n) is 1.39. The summed E-state index contributed by atoms with van der Waals surface area (Å²) in [5.74, 6) is -2.25. The molecule has 0 aromatic heterocycles. The molecule has 6 nitrogen and oxygen atoms in total.